The summed E-state index contributed by atoms with van der Waals surface area (Å²) in [5.74, 6) is -5.33. The van der Waals surface area contributed by atoms with Gasteiger partial charge in [0.05, 0.1) is 17.7 Å². The van der Waals surface area contributed by atoms with Crippen LogP contribution >= 0.6 is 0 Å². The second-order valence-electron chi connectivity index (χ2n) is 10.0. The highest BCUT2D eigenvalue weighted by molar-refractivity contribution is 5.95. The normalized spacial score (nSPS) is 11.8. The molecule has 0 aliphatic carbocycles. The molecule has 2 heterocycles. The van der Waals surface area contributed by atoms with Crippen LogP contribution in [0.1, 0.15) is 45.2 Å². The molecule has 0 spiro atoms. The van der Waals surface area contributed by atoms with E-state index in [1.54, 1.807) is 37.4 Å². The number of amides is 1. The van der Waals surface area contributed by atoms with Crippen molar-refractivity contribution in [3.8, 4) is 5.75 Å². The molecule has 1 amide bonds. The van der Waals surface area contributed by atoms with Crippen molar-refractivity contribution >= 4 is 17.5 Å². The highest BCUT2D eigenvalue weighted by atomic mass is 19.2. The lowest BCUT2D eigenvalue weighted by atomic mass is 9.95. The number of pyridine rings is 1. The molecule has 7 nitrogen and oxygen atoms in total. The first-order chi connectivity index (χ1) is 21.2. The summed E-state index contributed by atoms with van der Waals surface area (Å²) in [7, 11) is 0. The van der Waals surface area contributed by atoms with Gasteiger partial charge in [-0.05, 0) is 54.4 Å². The summed E-state index contributed by atoms with van der Waals surface area (Å²) >= 11 is 0. The third kappa shape index (κ3) is 6.88. The molecule has 0 saturated heterocycles. The van der Waals surface area contributed by atoms with Crippen LogP contribution in [-0.2, 0) is 22.7 Å². The highest BCUT2D eigenvalue weighted by Gasteiger charge is 2.23. The zero-order valence-electron chi connectivity index (χ0n) is 23.5. The maximum atomic E-state index is 14.1. The largest absolute Gasteiger partial charge is 0.485 e. The summed E-state index contributed by atoms with van der Waals surface area (Å²) in [6, 6.07) is 19.0. The molecule has 0 fully saturated rings. The van der Waals surface area contributed by atoms with E-state index in [9.17, 15) is 27.2 Å². The summed E-state index contributed by atoms with van der Waals surface area (Å²) in [5.41, 5.74) is 1.56. The second kappa shape index (κ2) is 13.4. The van der Waals surface area contributed by atoms with Crippen LogP contribution in [0, 0.1) is 30.2 Å². The SMILES string of the molecule is Cc1nc2c(OCc3c(F)cccc3F)cccn2c1C(=O)NCC(CC(=O)OCc1ccccc1)c1ccc(F)c(F)c1. The van der Waals surface area contributed by atoms with Gasteiger partial charge in [0, 0.05) is 18.7 Å². The smallest absolute Gasteiger partial charge is 0.306 e. The Labute approximate surface area is 250 Å². The molecule has 0 bridgehead atoms. The molecule has 5 rings (SSSR count). The van der Waals surface area contributed by atoms with Crippen molar-refractivity contribution in [2.24, 2.45) is 0 Å². The van der Waals surface area contributed by atoms with Gasteiger partial charge in [-0.2, -0.15) is 0 Å². The predicted molar refractivity (Wildman–Crippen MR) is 153 cm³/mol. The standard InChI is InChI=1S/C33H27F4N3O4/c1-20-31(40-14-6-11-29(32(40)39-20)43-19-24-25(34)9-5-10-26(24)35)33(42)38-17-23(22-12-13-27(36)28(37)15-22)16-30(41)44-18-21-7-3-2-4-8-21/h2-15,23H,16-19H2,1H3,(H,38,42). The van der Waals surface area contributed by atoms with E-state index in [1.807, 2.05) is 18.2 Å². The minimum atomic E-state index is -1.09. The van der Waals surface area contributed by atoms with E-state index in [0.29, 0.717) is 11.3 Å². The fraction of sp³-hybridized carbons (Fsp3) is 0.182. The molecule has 1 N–H and O–H groups in total. The Balaban J connectivity index is 1.32. The van der Waals surface area contributed by atoms with Gasteiger partial charge < -0.3 is 14.8 Å². The number of nitrogens with one attached hydrogen (secondary N) is 1. The zero-order valence-corrected chi connectivity index (χ0v) is 23.5. The summed E-state index contributed by atoms with van der Waals surface area (Å²) in [5, 5.41) is 2.76. The van der Waals surface area contributed by atoms with E-state index in [1.165, 1.54) is 16.5 Å². The van der Waals surface area contributed by atoms with Crippen LogP contribution in [0.3, 0.4) is 0 Å². The lowest BCUT2D eigenvalue weighted by Crippen LogP contribution is -2.31. The first-order valence-corrected chi connectivity index (χ1v) is 13.7. The number of fused-ring (bicyclic) bond motifs is 1. The molecule has 2 aromatic heterocycles. The van der Waals surface area contributed by atoms with Gasteiger partial charge in [0.25, 0.3) is 5.91 Å². The third-order valence-corrected chi connectivity index (χ3v) is 7.02. The number of aryl methyl sites for hydroxylation is 1. The molecule has 0 saturated carbocycles. The fourth-order valence-electron chi connectivity index (χ4n) is 4.73. The van der Waals surface area contributed by atoms with E-state index in [0.717, 1.165) is 29.8 Å². The molecule has 0 radical (unpaired) electrons. The Morgan fingerprint density at radius 1 is 0.864 bits per heavy atom. The Morgan fingerprint density at radius 2 is 1.61 bits per heavy atom. The monoisotopic (exact) mass is 605 g/mol. The molecule has 44 heavy (non-hydrogen) atoms. The molecular formula is C33H27F4N3O4. The summed E-state index contributed by atoms with van der Waals surface area (Å²) in [6.45, 7) is 1.13. The van der Waals surface area contributed by atoms with Crippen molar-refractivity contribution in [1.29, 1.82) is 0 Å². The van der Waals surface area contributed by atoms with Crippen LogP contribution in [0.25, 0.3) is 5.65 Å². The summed E-state index contributed by atoms with van der Waals surface area (Å²) < 4.78 is 68.5. The van der Waals surface area contributed by atoms with Gasteiger partial charge in [0.2, 0.25) is 0 Å². The number of ether oxygens (including phenoxy) is 2. The molecule has 1 atom stereocenters. The number of halogens is 4. The van der Waals surface area contributed by atoms with E-state index in [4.69, 9.17) is 9.47 Å². The topological polar surface area (TPSA) is 81.9 Å². The van der Waals surface area contributed by atoms with Crippen LogP contribution < -0.4 is 10.1 Å². The van der Waals surface area contributed by atoms with Gasteiger partial charge in [0.1, 0.15) is 30.5 Å². The highest BCUT2D eigenvalue weighted by Crippen LogP contribution is 2.26. The van der Waals surface area contributed by atoms with Crippen molar-refractivity contribution in [2.75, 3.05) is 6.54 Å². The van der Waals surface area contributed by atoms with E-state index < -0.39 is 47.7 Å². The Kier molecular flexibility index (Phi) is 9.23. The fourth-order valence-corrected chi connectivity index (χ4v) is 4.73. The molecule has 226 valence electrons. The second-order valence-corrected chi connectivity index (χ2v) is 10.0. The first-order valence-electron chi connectivity index (χ1n) is 13.7. The Morgan fingerprint density at radius 3 is 2.34 bits per heavy atom. The average Bonchev–Trinajstić information content (AvgIpc) is 3.36. The lowest BCUT2D eigenvalue weighted by Gasteiger charge is -2.18. The number of aromatic nitrogens is 2. The van der Waals surface area contributed by atoms with Crippen molar-refractivity contribution in [3.05, 3.63) is 136 Å². The van der Waals surface area contributed by atoms with Crippen LogP contribution in [0.15, 0.2) is 85.1 Å². The Hall–Kier alpha value is -5.19. The van der Waals surface area contributed by atoms with Crippen molar-refractivity contribution < 1.29 is 36.6 Å². The molecule has 11 heteroatoms. The number of hydrogen-bond acceptors (Lipinski definition) is 5. The van der Waals surface area contributed by atoms with Crippen molar-refractivity contribution in [1.82, 2.24) is 14.7 Å². The molecule has 3 aromatic carbocycles. The van der Waals surface area contributed by atoms with Crippen LogP contribution in [-0.4, -0.2) is 27.8 Å². The lowest BCUT2D eigenvalue weighted by molar-refractivity contribution is -0.145. The van der Waals surface area contributed by atoms with E-state index in [2.05, 4.69) is 10.3 Å². The minimum absolute atomic E-state index is 0.0332. The molecular weight excluding hydrogens is 578 g/mol. The Bertz CT molecular complexity index is 1790. The van der Waals surface area contributed by atoms with Gasteiger partial charge >= 0.3 is 5.97 Å². The van der Waals surface area contributed by atoms with E-state index >= 15 is 0 Å². The van der Waals surface area contributed by atoms with Gasteiger partial charge in [-0.25, -0.2) is 22.5 Å². The molecule has 0 aliphatic rings. The number of carbonyl (C=O) groups is 2. The number of carbonyl (C=O) groups excluding carboxylic acids is 2. The quantitative estimate of drug-likeness (QED) is 0.139. The predicted octanol–water partition coefficient (Wildman–Crippen LogP) is 6.43. The number of hydrogen-bond donors (Lipinski definition) is 1. The van der Waals surface area contributed by atoms with Gasteiger partial charge in [0.15, 0.2) is 23.0 Å². The van der Waals surface area contributed by atoms with Crippen LogP contribution in [0.2, 0.25) is 0 Å². The number of benzene rings is 3. The third-order valence-electron chi connectivity index (χ3n) is 7.02. The number of imidazole rings is 1. The van der Waals surface area contributed by atoms with Gasteiger partial charge in [-0.1, -0.05) is 42.5 Å². The maximum absolute atomic E-state index is 14.1. The molecule has 5 aromatic rings. The van der Waals surface area contributed by atoms with Crippen molar-refractivity contribution in [3.63, 3.8) is 0 Å². The number of esters is 1. The summed E-state index contributed by atoms with van der Waals surface area (Å²) in [6.07, 6.45) is 1.36. The number of nitrogens with zero attached hydrogens (tertiary/aromatic N) is 2. The van der Waals surface area contributed by atoms with Crippen molar-refractivity contribution in [2.45, 2.75) is 32.5 Å². The van der Waals surface area contributed by atoms with Crippen LogP contribution in [0.5, 0.6) is 5.75 Å². The van der Waals surface area contributed by atoms with Gasteiger partial charge in [-0.3, -0.25) is 14.0 Å². The molecule has 0 aliphatic heterocycles. The minimum Gasteiger partial charge on any atom is -0.485 e. The van der Waals surface area contributed by atoms with Gasteiger partial charge in [-0.15, -0.1) is 0 Å². The maximum Gasteiger partial charge on any atom is 0.306 e. The first kappa shape index (κ1) is 30.3. The number of rotatable bonds is 11. The average molecular weight is 606 g/mol. The summed E-state index contributed by atoms with van der Waals surface area (Å²) in [4.78, 5) is 30.6. The van der Waals surface area contributed by atoms with Crippen LogP contribution in [0.4, 0.5) is 17.6 Å². The zero-order chi connectivity index (χ0) is 31.2. The van der Waals surface area contributed by atoms with E-state index in [-0.39, 0.29) is 42.2 Å². The molecule has 1 unspecified atom stereocenters.